The van der Waals surface area contributed by atoms with Gasteiger partial charge in [0, 0.05) is 15.7 Å². The molecule has 5 nitrogen and oxygen atoms in total. The maximum Gasteiger partial charge on any atom is 0.408 e. The zero-order valence-corrected chi connectivity index (χ0v) is 19.2. The highest BCUT2D eigenvalue weighted by Gasteiger charge is 2.51. The van der Waals surface area contributed by atoms with Crippen molar-refractivity contribution < 1.29 is 19.4 Å². The summed E-state index contributed by atoms with van der Waals surface area (Å²) in [5.41, 5.74) is -3.00. The number of ether oxygens (including phenoxy) is 1. The molecule has 2 aromatic carbocycles. The summed E-state index contributed by atoms with van der Waals surface area (Å²) in [5, 5.41) is 15.4. The van der Waals surface area contributed by atoms with Crippen LogP contribution in [0.5, 0.6) is 0 Å². The van der Waals surface area contributed by atoms with Gasteiger partial charge in [-0.25, -0.2) is 9.59 Å². The first kappa shape index (κ1) is 23.4. The van der Waals surface area contributed by atoms with E-state index in [0.717, 1.165) is 15.7 Å². The van der Waals surface area contributed by atoms with E-state index in [0.29, 0.717) is 5.02 Å². The molecular weight excluding hydrogens is 410 g/mol. The molecule has 1 amide bonds. The smallest absolute Gasteiger partial charge is 0.408 e. The van der Waals surface area contributed by atoms with E-state index in [2.05, 4.69) is 5.32 Å². The minimum atomic E-state index is -1.52. The topological polar surface area (TPSA) is 75.6 Å². The van der Waals surface area contributed by atoms with Crippen LogP contribution in [0.25, 0.3) is 10.8 Å². The van der Waals surface area contributed by atoms with Crippen LogP contribution in [-0.4, -0.2) is 34.1 Å². The maximum atomic E-state index is 12.4. The zero-order chi connectivity index (χ0) is 22.0. The van der Waals surface area contributed by atoms with E-state index in [-0.39, 0.29) is 5.75 Å². The van der Waals surface area contributed by atoms with Crippen LogP contribution in [0.1, 0.15) is 41.5 Å². The van der Waals surface area contributed by atoms with Gasteiger partial charge < -0.3 is 15.2 Å². The van der Waals surface area contributed by atoms with E-state index in [9.17, 15) is 14.7 Å². The van der Waals surface area contributed by atoms with Crippen LogP contribution in [-0.2, 0) is 9.53 Å². The van der Waals surface area contributed by atoms with E-state index in [1.165, 1.54) is 11.8 Å². The predicted molar refractivity (Wildman–Crippen MR) is 119 cm³/mol. The van der Waals surface area contributed by atoms with Crippen LogP contribution in [0, 0.1) is 5.41 Å². The first-order valence-electron chi connectivity index (χ1n) is 9.30. The maximum absolute atomic E-state index is 12.4. The number of alkyl carbamates (subject to hydrolysis) is 1. The van der Waals surface area contributed by atoms with Crippen molar-refractivity contribution in [1.82, 2.24) is 5.32 Å². The van der Waals surface area contributed by atoms with Gasteiger partial charge in [0.15, 0.2) is 5.54 Å². The number of benzene rings is 2. The summed E-state index contributed by atoms with van der Waals surface area (Å²) in [6.07, 6.45) is -0.747. The lowest BCUT2D eigenvalue weighted by Crippen LogP contribution is -2.64. The molecule has 0 radical (unpaired) electrons. The highest BCUT2D eigenvalue weighted by atomic mass is 35.5. The van der Waals surface area contributed by atoms with Crippen molar-refractivity contribution in [1.29, 1.82) is 0 Å². The molecule has 0 saturated carbocycles. The van der Waals surface area contributed by atoms with Gasteiger partial charge in [0.05, 0.1) is 0 Å². The number of carbonyl (C=O) groups excluding carboxylic acids is 1. The molecular formula is C22H28ClNO4S. The second kappa shape index (κ2) is 8.44. The van der Waals surface area contributed by atoms with Gasteiger partial charge in [-0.3, -0.25) is 0 Å². The Kier molecular flexibility index (Phi) is 6.80. The average molecular weight is 438 g/mol. The Morgan fingerprint density at radius 3 is 2.17 bits per heavy atom. The minimum Gasteiger partial charge on any atom is -0.479 e. The van der Waals surface area contributed by atoms with Gasteiger partial charge in [-0.2, -0.15) is 0 Å². The van der Waals surface area contributed by atoms with Crippen molar-refractivity contribution in [2.24, 2.45) is 5.41 Å². The Morgan fingerprint density at radius 2 is 1.62 bits per heavy atom. The molecule has 0 heterocycles. The molecule has 0 unspecified atom stereocenters. The Bertz CT molecular complexity index is 917. The van der Waals surface area contributed by atoms with Crippen molar-refractivity contribution in [3.05, 3.63) is 41.4 Å². The van der Waals surface area contributed by atoms with Gasteiger partial charge in [-0.15, -0.1) is 11.8 Å². The van der Waals surface area contributed by atoms with Gasteiger partial charge in [-0.1, -0.05) is 44.5 Å². The molecule has 0 aliphatic rings. The molecule has 29 heavy (non-hydrogen) atoms. The molecule has 0 spiro atoms. The number of fused-ring (bicyclic) bond motifs is 1. The number of amides is 1. The summed E-state index contributed by atoms with van der Waals surface area (Å²) in [5.74, 6) is -0.958. The van der Waals surface area contributed by atoms with E-state index in [1.54, 1.807) is 41.5 Å². The summed E-state index contributed by atoms with van der Waals surface area (Å²) in [6.45, 7) is 10.6. The number of hydrogen-bond donors (Lipinski definition) is 2. The first-order valence-corrected chi connectivity index (χ1v) is 10.7. The van der Waals surface area contributed by atoms with Gasteiger partial charge in [0.2, 0.25) is 0 Å². The van der Waals surface area contributed by atoms with Crippen molar-refractivity contribution in [2.75, 3.05) is 5.75 Å². The molecule has 0 saturated heterocycles. The van der Waals surface area contributed by atoms with Crippen molar-refractivity contribution >= 4 is 46.2 Å². The van der Waals surface area contributed by atoms with Gasteiger partial charge >= 0.3 is 12.1 Å². The lowest BCUT2D eigenvalue weighted by Gasteiger charge is -2.41. The van der Waals surface area contributed by atoms with E-state index < -0.39 is 28.6 Å². The molecule has 2 rings (SSSR count). The van der Waals surface area contributed by atoms with Crippen molar-refractivity contribution in [2.45, 2.75) is 57.6 Å². The lowest BCUT2D eigenvalue weighted by atomic mass is 9.74. The molecule has 2 aromatic rings. The Balaban J connectivity index is 2.31. The van der Waals surface area contributed by atoms with E-state index >= 15 is 0 Å². The fourth-order valence-electron chi connectivity index (χ4n) is 2.83. The van der Waals surface area contributed by atoms with E-state index in [1.807, 2.05) is 36.4 Å². The number of nitrogens with one attached hydrogen (secondary N) is 1. The van der Waals surface area contributed by atoms with E-state index in [4.69, 9.17) is 16.3 Å². The standard InChI is InChI=1S/C22H28ClNO4S/c1-20(2,3)22(18(25)26,24-19(27)28-21(4,5)6)13-29-17-10-8-14-11-16(23)9-7-15(14)12-17/h7-12H,13H2,1-6H3,(H,24,27)(H,25,26)/t22-/m1/s1. The number of halogens is 1. The summed E-state index contributed by atoms with van der Waals surface area (Å²) in [4.78, 5) is 25.7. The lowest BCUT2D eigenvalue weighted by molar-refractivity contribution is -0.148. The largest absolute Gasteiger partial charge is 0.479 e. The second-order valence-electron chi connectivity index (χ2n) is 9.03. The van der Waals surface area contributed by atoms with Crippen LogP contribution < -0.4 is 5.32 Å². The minimum absolute atomic E-state index is 0.143. The summed E-state index contributed by atoms with van der Waals surface area (Å²) >= 11 is 7.41. The number of aliphatic carboxylic acids is 1. The fraction of sp³-hybridized carbons (Fsp3) is 0.455. The molecule has 2 N–H and O–H groups in total. The quantitative estimate of drug-likeness (QED) is 0.562. The normalized spacial score (nSPS) is 14.3. The van der Waals surface area contributed by atoms with Gasteiger partial charge in [0.25, 0.3) is 0 Å². The monoisotopic (exact) mass is 437 g/mol. The molecule has 0 aromatic heterocycles. The van der Waals surface area contributed by atoms with Gasteiger partial charge in [-0.05, 0) is 61.2 Å². The summed E-state index contributed by atoms with van der Waals surface area (Å²) < 4.78 is 5.32. The zero-order valence-electron chi connectivity index (χ0n) is 17.6. The molecule has 0 aliphatic heterocycles. The second-order valence-corrected chi connectivity index (χ2v) is 10.5. The third-order valence-corrected chi connectivity index (χ3v) is 5.99. The molecule has 7 heteroatoms. The number of thioether (sulfide) groups is 1. The third kappa shape index (κ3) is 5.80. The molecule has 0 fully saturated rings. The summed E-state index contributed by atoms with van der Waals surface area (Å²) in [7, 11) is 0. The predicted octanol–water partition coefficient (Wildman–Crippen LogP) is 5.98. The van der Waals surface area contributed by atoms with Crippen molar-refractivity contribution in [3.8, 4) is 0 Å². The average Bonchev–Trinajstić information content (AvgIpc) is 2.55. The van der Waals surface area contributed by atoms with Gasteiger partial charge in [0.1, 0.15) is 5.60 Å². The third-order valence-electron chi connectivity index (χ3n) is 4.59. The Morgan fingerprint density at radius 1 is 1.03 bits per heavy atom. The van der Waals surface area contributed by atoms with Crippen LogP contribution in [0.3, 0.4) is 0 Å². The summed E-state index contributed by atoms with van der Waals surface area (Å²) in [6, 6.07) is 11.5. The molecule has 0 bridgehead atoms. The molecule has 158 valence electrons. The Hall–Kier alpha value is -1.92. The number of carbonyl (C=O) groups is 2. The van der Waals surface area contributed by atoms with Crippen LogP contribution in [0.2, 0.25) is 5.02 Å². The highest BCUT2D eigenvalue weighted by Crippen LogP contribution is 2.37. The highest BCUT2D eigenvalue weighted by molar-refractivity contribution is 7.99. The molecule has 0 aliphatic carbocycles. The van der Waals surface area contributed by atoms with Crippen LogP contribution in [0.4, 0.5) is 4.79 Å². The number of hydrogen-bond acceptors (Lipinski definition) is 4. The fourth-order valence-corrected chi connectivity index (χ4v) is 4.40. The van der Waals surface area contributed by atoms with Crippen LogP contribution in [0.15, 0.2) is 41.3 Å². The molecule has 1 atom stereocenters. The SMILES string of the molecule is CC(C)(C)OC(=O)N[C@](CSc1ccc2cc(Cl)ccc2c1)(C(=O)O)C(C)(C)C. The number of rotatable bonds is 5. The van der Waals surface area contributed by atoms with Crippen molar-refractivity contribution in [3.63, 3.8) is 0 Å². The number of carboxylic acid groups (broad SMARTS) is 1. The number of carboxylic acids is 1. The Labute approximate surface area is 181 Å². The first-order chi connectivity index (χ1) is 13.2. The van der Waals surface area contributed by atoms with Crippen LogP contribution >= 0.6 is 23.4 Å².